The Morgan fingerprint density at radius 2 is 1.82 bits per heavy atom. The minimum atomic E-state index is -0.593. The Balaban J connectivity index is 1.46. The molecule has 2 aromatic carbocycles. The molecule has 0 amide bonds. The fourth-order valence-corrected chi connectivity index (χ4v) is 5.95. The van der Waals surface area contributed by atoms with Gasteiger partial charge in [0, 0.05) is 38.0 Å². The van der Waals surface area contributed by atoms with Crippen molar-refractivity contribution in [3.05, 3.63) is 83.8 Å². The fraction of sp³-hybridized carbons (Fsp3) is 0.357. The number of nitrogens with zero attached hydrogens (tertiary/aromatic N) is 3. The average Bonchev–Trinajstić information content (AvgIpc) is 3.44. The monoisotopic (exact) mass is 470 g/mol. The zero-order valence-electron chi connectivity index (χ0n) is 20.2. The molecule has 0 fully saturated rings. The third kappa shape index (κ3) is 4.45. The van der Waals surface area contributed by atoms with Gasteiger partial charge in [0.05, 0.1) is 5.69 Å². The molecule has 1 aliphatic rings. The van der Waals surface area contributed by atoms with Crippen molar-refractivity contribution in [2.45, 2.75) is 50.5 Å². The molecule has 5 rings (SSSR count). The van der Waals surface area contributed by atoms with Crippen LogP contribution >= 0.6 is 0 Å². The molecule has 0 saturated carbocycles. The molecule has 1 aliphatic carbocycles. The summed E-state index contributed by atoms with van der Waals surface area (Å²) in [6, 6.07) is 21.0. The molecule has 34 heavy (non-hydrogen) atoms. The Morgan fingerprint density at radius 1 is 1.03 bits per heavy atom. The zero-order valence-corrected chi connectivity index (χ0v) is 21.4. The zero-order chi connectivity index (χ0) is 23.5. The average molecular weight is 471 g/mol. The van der Waals surface area contributed by atoms with E-state index in [9.17, 15) is 0 Å². The molecule has 2 aromatic heterocycles. The molecule has 0 unspecified atom stereocenters. The molecule has 0 aliphatic heterocycles. The van der Waals surface area contributed by atoms with Crippen LogP contribution in [0.15, 0.2) is 67.1 Å². The summed E-state index contributed by atoms with van der Waals surface area (Å²) in [5.41, 5.74) is 13.4. The summed E-state index contributed by atoms with van der Waals surface area (Å²) in [4.78, 5) is 9.28. The molecule has 5 nitrogen and oxygen atoms in total. The number of nitrogens with two attached hydrogens (primary N) is 1. The van der Waals surface area contributed by atoms with E-state index in [4.69, 9.17) is 15.5 Å². The van der Waals surface area contributed by atoms with E-state index in [0.717, 1.165) is 48.2 Å². The summed E-state index contributed by atoms with van der Waals surface area (Å²) in [7, 11) is -0.593. The Morgan fingerprint density at radius 3 is 2.56 bits per heavy atom. The lowest BCUT2D eigenvalue weighted by molar-refractivity contribution is 0.0902. The van der Waals surface area contributed by atoms with Crippen LogP contribution in [0.2, 0.25) is 19.1 Å². The summed E-state index contributed by atoms with van der Waals surface area (Å²) < 4.78 is 8.00. The van der Waals surface area contributed by atoms with Gasteiger partial charge in [-0.15, -0.1) is 0 Å². The van der Waals surface area contributed by atoms with E-state index in [1.54, 1.807) is 6.33 Å². The Labute approximate surface area is 203 Å². The fourth-order valence-electron chi connectivity index (χ4n) is 5.31. The minimum Gasteiger partial charge on any atom is -0.361 e. The third-order valence-electron chi connectivity index (χ3n) is 7.17. The van der Waals surface area contributed by atoms with Crippen LogP contribution < -0.4 is 5.73 Å². The minimum absolute atomic E-state index is 0.0418. The second-order valence-corrected chi connectivity index (χ2v) is 13.4. The highest BCUT2D eigenvalue weighted by molar-refractivity contribution is 6.55. The van der Waals surface area contributed by atoms with Crippen molar-refractivity contribution in [1.29, 1.82) is 0 Å². The van der Waals surface area contributed by atoms with Gasteiger partial charge < -0.3 is 15.0 Å². The van der Waals surface area contributed by atoms with Gasteiger partial charge >= 0.3 is 0 Å². The third-order valence-corrected chi connectivity index (χ3v) is 8.56. The normalized spacial score (nSPS) is 14.7. The Hall–Kier alpha value is -2.80. The van der Waals surface area contributed by atoms with Crippen molar-refractivity contribution in [2.24, 2.45) is 5.73 Å². The lowest BCUT2D eigenvalue weighted by Crippen LogP contribution is -2.30. The molecule has 0 saturated heterocycles. The van der Waals surface area contributed by atoms with Gasteiger partial charge in [0.1, 0.15) is 18.7 Å². The maximum absolute atomic E-state index is 6.13. The summed E-state index contributed by atoms with van der Waals surface area (Å²) in [5.74, 6) is 0. The topological polar surface area (TPSA) is 66.0 Å². The lowest BCUT2D eigenvalue weighted by atomic mass is 9.74. The van der Waals surface area contributed by atoms with E-state index in [2.05, 4.69) is 83.4 Å². The van der Waals surface area contributed by atoms with Crippen LogP contribution in [0.4, 0.5) is 0 Å². The SMILES string of the molecule is C[SiH](C)CCOCn1ccc2c(-c3cccc(C4(CCN)Cc5ccccc5C4)c3)ncnc21. The van der Waals surface area contributed by atoms with Crippen LogP contribution in [-0.2, 0) is 29.7 Å². The van der Waals surface area contributed by atoms with Crippen molar-refractivity contribution in [3.63, 3.8) is 0 Å². The first kappa shape index (κ1) is 23.0. The van der Waals surface area contributed by atoms with Crippen LogP contribution in [0.5, 0.6) is 0 Å². The van der Waals surface area contributed by atoms with Crippen LogP contribution in [0, 0.1) is 0 Å². The first-order valence-electron chi connectivity index (χ1n) is 12.3. The van der Waals surface area contributed by atoms with Crippen molar-refractivity contribution in [2.75, 3.05) is 13.2 Å². The number of benzene rings is 2. The van der Waals surface area contributed by atoms with Gasteiger partial charge in [0.2, 0.25) is 0 Å². The quantitative estimate of drug-likeness (QED) is 0.278. The second-order valence-electron chi connectivity index (χ2n) is 9.99. The van der Waals surface area contributed by atoms with E-state index in [1.807, 2.05) is 0 Å². The van der Waals surface area contributed by atoms with E-state index in [1.165, 1.54) is 22.7 Å². The number of ether oxygens (including phenoxy) is 1. The maximum Gasteiger partial charge on any atom is 0.145 e. The molecule has 0 bridgehead atoms. The molecular weight excluding hydrogens is 436 g/mol. The Bertz CT molecular complexity index is 1260. The highest BCUT2D eigenvalue weighted by atomic mass is 28.3. The van der Waals surface area contributed by atoms with Crippen LogP contribution in [0.1, 0.15) is 23.1 Å². The summed E-state index contributed by atoms with van der Waals surface area (Å²) in [6.45, 7) is 6.72. The first-order chi connectivity index (χ1) is 16.6. The predicted molar refractivity (Wildman–Crippen MR) is 142 cm³/mol. The van der Waals surface area contributed by atoms with Crippen molar-refractivity contribution < 1.29 is 4.74 Å². The van der Waals surface area contributed by atoms with Crippen LogP contribution in [-0.4, -0.2) is 36.5 Å². The van der Waals surface area contributed by atoms with E-state index < -0.39 is 8.80 Å². The van der Waals surface area contributed by atoms with Gasteiger partial charge in [0.25, 0.3) is 0 Å². The second kappa shape index (κ2) is 9.82. The van der Waals surface area contributed by atoms with Gasteiger partial charge in [-0.2, -0.15) is 0 Å². The number of hydrogen-bond donors (Lipinski definition) is 1. The molecule has 0 spiro atoms. The summed E-state index contributed by atoms with van der Waals surface area (Å²) >= 11 is 0. The molecule has 176 valence electrons. The van der Waals surface area contributed by atoms with Crippen molar-refractivity contribution in [1.82, 2.24) is 14.5 Å². The first-order valence-corrected chi connectivity index (χ1v) is 15.5. The molecule has 4 aromatic rings. The lowest BCUT2D eigenvalue weighted by Gasteiger charge is -2.30. The van der Waals surface area contributed by atoms with Crippen molar-refractivity contribution >= 4 is 19.8 Å². The highest BCUT2D eigenvalue weighted by Gasteiger charge is 2.38. The molecular formula is C28H34N4OSi. The molecule has 0 radical (unpaired) electrons. The number of aromatic nitrogens is 3. The predicted octanol–water partition coefficient (Wildman–Crippen LogP) is 4.94. The number of hydrogen-bond acceptors (Lipinski definition) is 4. The van der Waals surface area contributed by atoms with E-state index >= 15 is 0 Å². The molecule has 0 atom stereocenters. The molecule has 2 heterocycles. The standard InChI is InChI=1S/C28H34N4OSi/c1-34(2)15-14-33-20-32-13-10-25-26(30-19-31-27(25)32)21-8-5-9-24(16-21)28(11-12-29)17-22-6-3-4-7-23(22)18-28/h3-10,13,16,19,34H,11-12,14-15,17-18,20,29H2,1-2H3. The van der Waals surface area contributed by atoms with E-state index in [-0.39, 0.29) is 5.41 Å². The smallest absolute Gasteiger partial charge is 0.145 e. The van der Waals surface area contributed by atoms with Gasteiger partial charge in [-0.25, -0.2) is 9.97 Å². The molecule has 6 heteroatoms. The Kier molecular flexibility index (Phi) is 6.63. The van der Waals surface area contributed by atoms with Gasteiger partial charge in [-0.05, 0) is 60.7 Å². The van der Waals surface area contributed by atoms with Crippen LogP contribution in [0.3, 0.4) is 0 Å². The molecule has 2 N–H and O–H groups in total. The van der Waals surface area contributed by atoms with Crippen molar-refractivity contribution in [3.8, 4) is 11.3 Å². The highest BCUT2D eigenvalue weighted by Crippen LogP contribution is 2.43. The largest absolute Gasteiger partial charge is 0.361 e. The van der Waals surface area contributed by atoms with Gasteiger partial charge in [-0.1, -0.05) is 55.6 Å². The van der Waals surface area contributed by atoms with Crippen LogP contribution in [0.25, 0.3) is 22.3 Å². The summed E-state index contributed by atoms with van der Waals surface area (Å²) in [6.07, 6.45) is 6.77. The summed E-state index contributed by atoms with van der Waals surface area (Å²) in [5, 5.41) is 1.06. The van der Waals surface area contributed by atoms with Gasteiger partial charge in [0.15, 0.2) is 0 Å². The maximum atomic E-state index is 6.13. The van der Waals surface area contributed by atoms with Gasteiger partial charge in [-0.3, -0.25) is 0 Å². The number of fused-ring (bicyclic) bond motifs is 2. The number of rotatable bonds is 9. The van der Waals surface area contributed by atoms with E-state index in [0.29, 0.717) is 13.3 Å².